The van der Waals surface area contributed by atoms with Crippen LogP contribution in [-0.4, -0.2) is 22.7 Å². The monoisotopic (exact) mass is 226 g/mol. The average molecular weight is 226 g/mol. The van der Waals surface area contributed by atoms with Crippen molar-refractivity contribution in [2.75, 3.05) is 11.4 Å². The standard InChI is InChI=1S/C12H19FN2O/c1-4-5-15(9(2)3)12-10(8-16)6-11(13)7-14-12/h6-7,9,16H,4-5,8H2,1-3H3. The van der Waals surface area contributed by atoms with Gasteiger partial charge < -0.3 is 10.0 Å². The maximum atomic E-state index is 13.0. The van der Waals surface area contributed by atoms with Crippen LogP contribution in [0.4, 0.5) is 10.2 Å². The first-order chi connectivity index (χ1) is 7.60. The number of pyridine rings is 1. The SMILES string of the molecule is CCCN(c1ncc(F)cc1CO)C(C)C. The molecule has 0 aliphatic heterocycles. The predicted octanol–water partition coefficient (Wildman–Crippen LogP) is 2.34. The van der Waals surface area contributed by atoms with Crippen LogP contribution in [0.1, 0.15) is 32.8 Å². The third-order valence-corrected chi connectivity index (χ3v) is 2.44. The van der Waals surface area contributed by atoms with E-state index < -0.39 is 5.82 Å². The molecule has 90 valence electrons. The Bertz CT molecular complexity index is 342. The van der Waals surface area contributed by atoms with Gasteiger partial charge >= 0.3 is 0 Å². The van der Waals surface area contributed by atoms with E-state index in [-0.39, 0.29) is 12.6 Å². The zero-order valence-electron chi connectivity index (χ0n) is 10.1. The fraction of sp³-hybridized carbons (Fsp3) is 0.583. The molecule has 0 radical (unpaired) electrons. The molecule has 0 saturated carbocycles. The molecule has 0 spiro atoms. The van der Waals surface area contributed by atoms with Crippen molar-refractivity contribution in [3.63, 3.8) is 0 Å². The Morgan fingerprint density at radius 1 is 1.50 bits per heavy atom. The Hall–Kier alpha value is -1.16. The Morgan fingerprint density at radius 3 is 2.69 bits per heavy atom. The van der Waals surface area contributed by atoms with Crippen LogP contribution in [-0.2, 0) is 6.61 Å². The molecular formula is C12H19FN2O. The number of aliphatic hydroxyl groups excluding tert-OH is 1. The average Bonchev–Trinajstić information content (AvgIpc) is 2.26. The van der Waals surface area contributed by atoms with E-state index in [1.165, 1.54) is 12.3 Å². The van der Waals surface area contributed by atoms with Crippen LogP contribution in [0.3, 0.4) is 0 Å². The zero-order valence-corrected chi connectivity index (χ0v) is 10.1. The molecule has 0 saturated heterocycles. The van der Waals surface area contributed by atoms with Gasteiger partial charge in [0.15, 0.2) is 0 Å². The summed E-state index contributed by atoms with van der Waals surface area (Å²) in [4.78, 5) is 6.15. The molecule has 1 aromatic rings. The number of aromatic nitrogens is 1. The van der Waals surface area contributed by atoms with Crippen LogP contribution in [0.25, 0.3) is 0 Å². The van der Waals surface area contributed by atoms with Crippen LogP contribution in [0, 0.1) is 5.82 Å². The predicted molar refractivity (Wildman–Crippen MR) is 62.9 cm³/mol. The molecule has 3 nitrogen and oxygen atoms in total. The lowest BCUT2D eigenvalue weighted by Crippen LogP contribution is -2.33. The molecule has 0 amide bonds. The number of anilines is 1. The van der Waals surface area contributed by atoms with Gasteiger partial charge in [-0.2, -0.15) is 0 Å². The second kappa shape index (κ2) is 5.80. The van der Waals surface area contributed by atoms with Gasteiger partial charge in [0.05, 0.1) is 12.8 Å². The van der Waals surface area contributed by atoms with Crippen LogP contribution >= 0.6 is 0 Å². The largest absolute Gasteiger partial charge is 0.392 e. The molecule has 0 unspecified atom stereocenters. The van der Waals surface area contributed by atoms with Gasteiger partial charge in [-0.1, -0.05) is 6.92 Å². The highest BCUT2D eigenvalue weighted by molar-refractivity contribution is 5.47. The Kier molecular flexibility index (Phi) is 4.68. The van der Waals surface area contributed by atoms with Crippen molar-refractivity contribution in [3.05, 3.63) is 23.6 Å². The first-order valence-electron chi connectivity index (χ1n) is 5.62. The van der Waals surface area contributed by atoms with Gasteiger partial charge in [0.25, 0.3) is 0 Å². The van der Waals surface area contributed by atoms with E-state index >= 15 is 0 Å². The molecule has 0 aliphatic carbocycles. The van der Waals surface area contributed by atoms with E-state index in [1.807, 2.05) is 0 Å². The fourth-order valence-electron chi connectivity index (χ4n) is 1.70. The first kappa shape index (κ1) is 12.9. The maximum absolute atomic E-state index is 13.0. The van der Waals surface area contributed by atoms with Crippen LogP contribution in [0.5, 0.6) is 0 Å². The maximum Gasteiger partial charge on any atom is 0.142 e. The molecule has 4 heteroatoms. The number of aliphatic hydroxyl groups is 1. The molecule has 1 N–H and O–H groups in total. The quantitative estimate of drug-likeness (QED) is 0.837. The summed E-state index contributed by atoms with van der Waals surface area (Å²) < 4.78 is 13.0. The molecule has 1 heterocycles. The van der Waals surface area contributed by atoms with Crippen molar-refractivity contribution >= 4 is 5.82 Å². The molecule has 0 fully saturated rings. The Balaban J connectivity index is 3.07. The second-order valence-electron chi connectivity index (χ2n) is 4.08. The minimum absolute atomic E-state index is 0.187. The van der Waals surface area contributed by atoms with Crippen LogP contribution < -0.4 is 4.90 Å². The third kappa shape index (κ3) is 2.92. The van der Waals surface area contributed by atoms with Gasteiger partial charge in [-0.3, -0.25) is 0 Å². The summed E-state index contributed by atoms with van der Waals surface area (Å²) in [5.74, 6) is 0.272. The van der Waals surface area contributed by atoms with E-state index in [0.29, 0.717) is 11.4 Å². The number of hydrogen-bond donors (Lipinski definition) is 1. The molecule has 16 heavy (non-hydrogen) atoms. The van der Waals surface area contributed by atoms with Crippen LogP contribution in [0.2, 0.25) is 0 Å². The normalized spacial score (nSPS) is 10.9. The minimum atomic E-state index is -0.409. The summed E-state index contributed by atoms with van der Waals surface area (Å²) in [6, 6.07) is 1.62. The van der Waals surface area contributed by atoms with E-state index in [2.05, 4.69) is 30.7 Å². The Morgan fingerprint density at radius 2 is 2.19 bits per heavy atom. The zero-order chi connectivity index (χ0) is 12.1. The lowest BCUT2D eigenvalue weighted by molar-refractivity contribution is 0.280. The van der Waals surface area contributed by atoms with Gasteiger partial charge in [0.1, 0.15) is 11.6 Å². The van der Waals surface area contributed by atoms with Gasteiger partial charge in [-0.05, 0) is 26.3 Å². The van der Waals surface area contributed by atoms with E-state index in [4.69, 9.17) is 0 Å². The summed E-state index contributed by atoms with van der Waals surface area (Å²) in [5, 5.41) is 9.21. The number of hydrogen-bond acceptors (Lipinski definition) is 3. The van der Waals surface area contributed by atoms with Crippen LogP contribution in [0.15, 0.2) is 12.3 Å². The molecule has 0 aliphatic rings. The Labute approximate surface area is 95.9 Å². The second-order valence-corrected chi connectivity index (χ2v) is 4.08. The van der Waals surface area contributed by atoms with Crippen molar-refractivity contribution in [2.45, 2.75) is 39.8 Å². The van der Waals surface area contributed by atoms with Crippen molar-refractivity contribution in [1.82, 2.24) is 4.98 Å². The van der Waals surface area contributed by atoms with Crippen molar-refractivity contribution in [1.29, 1.82) is 0 Å². The van der Waals surface area contributed by atoms with E-state index in [1.54, 1.807) is 0 Å². The fourth-order valence-corrected chi connectivity index (χ4v) is 1.70. The number of halogens is 1. The molecular weight excluding hydrogens is 207 g/mol. The third-order valence-electron chi connectivity index (χ3n) is 2.44. The van der Waals surface area contributed by atoms with Crippen molar-refractivity contribution in [3.8, 4) is 0 Å². The molecule has 1 aromatic heterocycles. The summed E-state index contributed by atoms with van der Waals surface area (Å²) in [6.45, 7) is 6.86. The lowest BCUT2D eigenvalue weighted by Gasteiger charge is -2.29. The van der Waals surface area contributed by atoms with Gasteiger partial charge in [-0.15, -0.1) is 0 Å². The summed E-state index contributed by atoms with van der Waals surface area (Å²) in [5.41, 5.74) is 0.544. The van der Waals surface area contributed by atoms with E-state index in [0.717, 1.165) is 13.0 Å². The minimum Gasteiger partial charge on any atom is -0.392 e. The van der Waals surface area contributed by atoms with Gasteiger partial charge in [-0.25, -0.2) is 9.37 Å². The number of rotatable bonds is 5. The highest BCUT2D eigenvalue weighted by Gasteiger charge is 2.15. The molecule has 0 atom stereocenters. The lowest BCUT2D eigenvalue weighted by atomic mass is 10.2. The topological polar surface area (TPSA) is 36.4 Å². The molecule has 0 bridgehead atoms. The van der Waals surface area contributed by atoms with Gasteiger partial charge in [0, 0.05) is 18.2 Å². The summed E-state index contributed by atoms with van der Waals surface area (Å²) >= 11 is 0. The van der Waals surface area contributed by atoms with Gasteiger partial charge in [0.2, 0.25) is 0 Å². The van der Waals surface area contributed by atoms with E-state index in [9.17, 15) is 9.50 Å². The summed E-state index contributed by atoms with van der Waals surface area (Å²) in [6.07, 6.45) is 2.18. The van der Waals surface area contributed by atoms with Crippen molar-refractivity contribution in [2.24, 2.45) is 0 Å². The molecule has 1 rings (SSSR count). The first-order valence-corrected chi connectivity index (χ1v) is 5.62. The number of nitrogens with zero attached hydrogens (tertiary/aromatic N) is 2. The summed E-state index contributed by atoms with van der Waals surface area (Å²) in [7, 11) is 0. The highest BCUT2D eigenvalue weighted by atomic mass is 19.1. The highest BCUT2D eigenvalue weighted by Crippen LogP contribution is 2.21. The molecule has 0 aromatic carbocycles. The van der Waals surface area contributed by atoms with Crippen molar-refractivity contribution < 1.29 is 9.50 Å². The smallest absolute Gasteiger partial charge is 0.142 e.